The Bertz CT molecular complexity index is 411. The normalized spacial score (nSPS) is 14.6. The van der Waals surface area contributed by atoms with Gasteiger partial charge in [-0.25, -0.2) is 0 Å². The van der Waals surface area contributed by atoms with E-state index in [-0.39, 0.29) is 12.5 Å². The molecule has 1 aromatic rings. The van der Waals surface area contributed by atoms with Crippen molar-refractivity contribution in [2.75, 3.05) is 24.7 Å². The van der Waals surface area contributed by atoms with E-state index in [9.17, 15) is 9.18 Å². The van der Waals surface area contributed by atoms with Gasteiger partial charge in [-0.05, 0) is 47.2 Å². The highest BCUT2D eigenvalue weighted by Gasteiger charge is 2.24. The second-order valence-corrected chi connectivity index (χ2v) is 4.73. The Balaban J connectivity index is 2.31. The summed E-state index contributed by atoms with van der Waals surface area (Å²) in [5.41, 5.74) is 0.747. The molecule has 0 aliphatic carbocycles. The number of nitrogens with zero attached hydrogens (tertiary/aromatic N) is 1. The summed E-state index contributed by atoms with van der Waals surface area (Å²) in [7, 11) is 0. The molecule has 3 nitrogen and oxygen atoms in total. The molecule has 5 heteroatoms. The van der Waals surface area contributed by atoms with Gasteiger partial charge in [0.15, 0.2) is 6.61 Å². The fraction of sp³-hybridized carbons (Fsp3) is 0.364. The molecule has 2 rings (SSSR count). The summed E-state index contributed by atoms with van der Waals surface area (Å²) < 4.78 is 18.5. The van der Waals surface area contributed by atoms with E-state index < -0.39 is 6.67 Å². The number of halogens is 2. The highest BCUT2D eigenvalue weighted by molar-refractivity contribution is 14.1. The molecule has 0 N–H and O–H groups in total. The number of carbonyl (C=O) groups excluding carboxylic acids is 1. The topological polar surface area (TPSA) is 29.5 Å². The predicted octanol–water partition coefficient (Wildman–Crippen LogP) is 2.38. The van der Waals surface area contributed by atoms with Crippen LogP contribution in [0.5, 0.6) is 5.75 Å². The second-order valence-electron chi connectivity index (χ2n) is 3.49. The van der Waals surface area contributed by atoms with E-state index in [1.165, 1.54) is 0 Å². The number of rotatable bonds is 3. The maximum atomic E-state index is 12.2. The molecular weight excluding hydrogens is 324 g/mol. The van der Waals surface area contributed by atoms with Crippen LogP contribution in [0.3, 0.4) is 0 Å². The van der Waals surface area contributed by atoms with Gasteiger partial charge >= 0.3 is 0 Å². The molecule has 1 aromatic carbocycles. The number of amides is 1. The van der Waals surface area contributed by atoms with Crippen molar-refractivity contribution < 1.29 is 13.9 Å². The van der Waals surface area contributed by atoms with Gasteiger partial charge in [0.1, 0.15) is 5.75 Å². The van der Waals surface area contributed by atoms with Gasteiger partial charge in [0.05, 0.1) is 12.4 Å². The summed E-state index contributed by atoms with van der Waals surface area (Å²) >= 11 is 2.17. The zero-order valence-electron chi connectivity index (χ0n) is 8.58. The van der Waals surface area contributed by atoms with E-state index in [0.29, 0.717) is 18.7 Å². The molecule has 0 saturated carbocycles. The Morgan fingerprint density at radius 1 is 1.50 bits per heavy atom. The monoisotopic (exact) mass is 335 g/mol. The first kappa shape index (κ1) is 11.6. The highest BCUT2D eigenvalue weighted by atomic mass is 127. The van der Waals surface area contributed by atoms with E-state index >= 15 is 0 Å². The van der Waals surface area contributed by atoms with E-state index in [1.807, 2.05) is 18.2 Å². The number of anilines is 1. The average Bonchev–Trinajstić information content (AvgIpc) is 2.28. The van der Waals surface area contributed by atoms with Crippen LogP contribution in [-0.4, -0.2) is 25.7 Å². The third-order valence-corrected chi connectivity index (χ3v) is 3.05. The number of hydrogen-bond donors (Lipinski definition) is 0. The van der Waals surface area contributed by atoms with E-state index in [1.54, 1.807) is 4.90 Å². The lowest BCUT2D eigenvalue weighted by atomic mass is 10.2. The minimum Gasteiger partial charge on any atom is -0.482 e. The Labute approximate surface area is 107 Å². The molecule has 16 heavy (non-hydrogen) atoms. The fourth-order valence-electron chi connectivity index (χ4n) is 1.64. The van der Waals surface area contributed by atoms with Crippen LogP contribution < -0.4 is 9.64 Å². The molecule has 0 unspecified atom stereocenters. The van der Waals surface area contributed by atoms with Crippen molar-refractivity contribution in [3.05, 3.63) is 21.8 Å². The minimum absolute atomic E-state index is 0.0415. The number of alkyl halides is 1. The van der Waals surface area contributed by atoms with Crippen LogP contribution in [0.4, 0.5) is 10.1 Å². The van der Waals surface area contributed by atoms with Crippen LogP contribution in [0.1, 0.15) is 6.42 Å². The molecule has 0 saturated heterocycles. The van der Waals surface area contributed by atoms with Crippen molar-refractivity contribution in [2.24, 2.45) is 0 Å². The molecule has 1 aliphatic rings. The van der Waals surface area contributed by atoms with Crippen LogP contribution in [0, 0.1) is 3.57 Å². The van der Waals surface area contributed by atoms with E-state index in [4.69, 9.17) is 4.74 Å². The SMILES string of the molecule is O=C1COc2ccc(I)cc2N1CCCF. The first-order valence-electron chi connectivity index (χ1n) is 5.01. The number of benzene rings is 1. The average molecular weight is 335 g/mol. The van der Waals surface area contributed by atoms with Crippen molar-refractivity contribution >= 4 is 34.2 Å². The molecule has 1 heterocycles. The largest absolute Gasteiger partial charge is 0.482 e. The summed E-state index contributed by atoms with van der Waals surface area (Å²) in [6.45, 7) is 0.0373. The zero-order valence-corrected chi connectivity index (χ0v) is 10.7. The van der Waals surface area contributed by atoms with Crippen LogP contribution in [0.25, 0.3) is 0 Å². The quantitative estimate of drug-likeness (QED) is 0.794. The second kappa shape index (κ2) is 4.99. The lowest BCUT2D eigenvalue weighted by Crippen LogP contribution is -2.39. The van der Waals surface area contributed by atoms with Crippen LogP contribution in [0.15, 0.2) is 18.2 Å². The van der Waals surface area contributed by atoms with Crippen molar-refractivity contribution in [3.63, 3.8) is 0 Å². The van der Waals surface area contributed by atoms with Gasteiger partial charge in [-0.3, -0.25) is 9.18 Å². The van der Waals surface area contributed by atoms with E-state index in [2.05, 4.69) is 22.6 Å². The Hall–Kier alpha value is -0.850. The molecule has 1 amide bonds. The molecule has 86 valence electrons. The van der Waals surface area contributed by atoms with Gasteiger partial charge in [-0.2, -0.15) is 0 Å². The Kier molecular flexibility index (Phi) is 3.63. The molecule has 1 aliphatic heterocycles. The maximum Gasteiger partial charge on any atom is 0.265 e. The highest BCUT2D eigenvalue weighted by Crippen LogP contribution is 2.33. The smallest absolute Gasteiger partial charge is 0.265 e. The number of ether oxygens (including phenoxy) is 1. The first-order chi connectivity index (χ1) is 7.72. The zero-order chi connectivity index (χ0) is 11.5. The summed E-state index contributed by atoms with van der Waals surface area (Å²) in [6.07, 6.45) is 0.358. The summed E-state index contributed by atoms with van der Waals surface area (Å²) in [5, 5.41) is 0. The molecule has 0 atom stereocenters. The molecule has 0 radical (unpaired) electrons. The number of hydrogen-bond acceptors (Lipinski definition) is 2. The summed E-state index contributed by atoms with van der Waals surface area (Å²) in [4.78, 5) is 13.2. The Morgan fingerprint density at radius 2 is 2.31 bits per heavy atom. The van der Waals surface area contributed by atoms with Crippen LogP contribution in [0.2, 0.25) is 0 Å². The molecule has 0 bridgehead atoms. The van der Waals surface area contributed by atoms with Crippen molar-refractivity contribution in [1.82, 2.24) is 0 Å². The van der Waals surface area contributed by atoms with Crippen molar-refractivity contribution in [3.8, 4) is 5.75 Å². The standard InChI is InChI=1S/C11H11FINO2/c12-4-1-5-14-9-6-8(13)2-3-10(9)16-7-11(14)15/h2-3,6H,1,4-5,7H2. The fourth-order valence-corrected chi connectivity index (χ4v) is 2.11. The lowest BCUT2D eigenvalue weighted by molar-refractivity contribution is -0.121. The maximum absolute atomic E-state index is 12.2. The third kappa shape index (κ3) is 2.28. The lowest BCUT2D eigenvalue weighted by Gasteiger charge is -2.29. The third-order valence-electron chi connectivity index (χ3n) is 2.38. The molecular formula is C11H11FINO2. The Morgan fingerprint density at radius 3 is 3.06 bits per heavy atom. The summed E-state index contributed by atoms with van der Waals surface area (Å²) in [5.74, 6) is 0.585. The van der Waals surface area contributed by atoms with Crippen molar-refractivity contribution in [2.45, 2.75) is 6.42 Å². The van der Waals surface area contributed by atoms with Gasteiger partial charge in [0.25, 0.3) is 5.91 Å². The summed E-state index contributed by atoms with van der Waals surface area (Å²) in [6, 6.07) is 5.64. The number of fused-ring (bicyclic) bond motifs is 1. The van der Waals surface area contributed by atoms with Gasteiger partial charge in [-0.1, -0.05) is 0 Å². The van der Waals surface area contributed by atoms with Gasteiger partial charge in [0.2, 0.25) is 0 Å². The molecule has 0 spiro atoms. The van der Waals surface area contributed by atoms with Gasteiger partial charge in [0, 0.05) is 10.1 Å². The molecule has 0 aromatic heterocycles. The minimum atomic E-state index is -0.413. The first-order valence-corrected chi connectivity index (χ1v) is 6.09. The predicted molar refractivity (Wildman–Crippen MR) is 67.6 cm³/mol. The van der Waals surface area contributed by atoms with Gasteiger partial charge < -0.3 is 9.64 Å². The molecule has 0 fully saturated rings. The van der Waals surface area contributed by atoms with Gasteiger partial charge in [-0.15, -0.1) is 0 Å². The number of carbonyl (C=O) groups is 1. The van der Waals surface area contributed by atoms with Crippen LogP contribution >= 0.6 is 22.6 Å². The van der Waals surface area contributed by atoms with Crippen molar-refractivity contribution in [1.29, 1.82) is 0 Å². The van der Waals surface area contributed by atoms with Crippen LogP contribution in [-0.2, 0) is 4.79 Å². The van der Waals surface area contributed by atoms with E-state index in [0.717, 1.165) is 9.26 Å².